The van der Waals surface area contributed by atoms with Gasteiger partial charge in [0.1, 0.15) is 0 Å². The molecule has 0 saturated carbocycles. The summed E-state index contributed by atoms with van der Waals surface area (Å²) in [5, 5.41) is 0.712. The molecule has 0 amide bonds. The summed E-state index contributed by atoms with van der Waals surface area (Å²) in [4.78, 5) is 0. The van der Waals surface area contributed by atoms with Crippen molar-refractivity contribution >= 4 is 9.52 Å². The molecule has 68 valence electrons. The maximum absolute atomic E-state index is 2.43. The molecule has 0 spiro atoms. The number of hydrogen-bond acceptors (Lipinski definition) is 0. The van der Waals surface area contributed by atoms with Gasteiger partial charge in [-0.3, -0.25) is 0 Å². The molecule has 0 aromatic rings. The zero-order chi connectivity index (χ0) is 8.91. The van der Waals surface area contributed by atoms with E-state index in [1.807, 2.05) is 0 Å². The molecular weight excluding hydrogens is 148 g/mol. The van der Waals surface area contributed by atoms with E-state index in [2.05, 4.69) is 34.6 Å². The molecule has 0 fully saturated rings. The van der Waals surface area contributed by atoms with Gasteiger partial charge in [-0.25, -0.2) is 0 Å². The van der Waals surface area contributed by atoms with Crippen molar-refractivity contribution in [3.8, 4) is 0 Å². The van der Waals surface area contributed by atoms with Gasteiger partial charge in [-0.1, -0.05) is 53.5 Å². The molecule has 1 heteroatoms. The van der Waals surface area contributed by atoms with Crippen LogP contribution in [-0.4, -0.2) is 9.52 Å². The average Bonchev–Trinajstić information content (AvgIpc) is 2.00. The van der Waals surface area contributed by atoms with E-state index in [0.717, 1.165) is 5.92 Å². The fourth-order valence-corrected chi connectivity index (χ4v) is 3.05. The van der Waals surface area contributed by atoms with Crippen molar-refractivity contribution in [2.24, 2.45) is 5.92 Å². The molecular formula is C10H24Si. The summed E-state index contributed by atoms with van der Waals surface area (Å²) in [6.07, 6.45) is 2.74. The largest absolute Gasteiger partial charge is 0.0652 e. The van der Waals surface area contributed by atoms with Gasteiger partial charge in [-0.15, -0.1) is 0 Å². The third-order valence-electron chi connectivity index (χ3n) is 2.97. The highest BCUT2D eigenvalue weighted by Crippen LogP contribution is 2.29. The fourth-order valence-electron chi connectivity index (χ4n) is 1.02. The van der Waals surface area contributed by atoms with Crippen molar-refractivity contribution in [1.82, 2.24) is 0 Å². The summed E-state index contributed by atoms with van der Waals surface area (Å²) in [6, 6.07) is 1.54. The molecule has 0 heterocycles. The van der Waals surface area contributed by atoms with Gasteiger partial charge >= 0.3 is 0 Å². The molecule has 1 unspecified atom stereocenters. The maximum atomic E-state index is 2.43. The lowest BCUT2D eigenvalue weighted by Gasteiger charge is -2.23. The Kier molecular flexibility index (Phi) is 5.07. The SMILES string of the molecule is CCC(C)C[SiH2]C(C)(C)CC. The van der Waals surface area contributed by atoms with Crippen molar-refractivity contribution in [2.75, 3.05) is 0 Å². The molecule has 0 aliphatic rings. The lowest BCUT2D eigenvalue weighted by Crippen LogP contribution is -2.13. The molecule has 0 rings (SSSR count). The van der Waals surface area contributed by atoms with Gasteiger partial charge in [0, 0.05) is 9.52 Å². The summed E-state index contributed by atoms with van der Waals surface area (Å²) < 4.78 is 0. The van der Waals surface area contributed by atoms with Crippen LogP contribution < -0.4 is 0 Å². The Balaban J connectivity index is 3.52. The van der Waals surface area contributed by atoms with Crippen LogP contribution in [0.4, 0.5) is 0 Å². The van der Waals surface area contributed by atoms with Crippen LogP contribution in [0.1, 0.15) is 47.5 Å². The third-order valence-corrected chi connectivity index (χ3v) is 6.10. The first-order valence-electron chi connectivity index (χ1n) is 5.02. The summed E-state index contributed by atoms with van der Waals surface area (Å²) in [5.74, 6) is 0.979. The van der Waals surface area contributed by atoms with Gasteiger partial charge in [0.15, 0.2) is 0 Å². The van der Waals surface area contributed by atoms with Crippen molar-refractivity contribution < 1.29 is 0 Å². The Morgan fingerprint density at radius 1 is 1.27 bits per heavy atom. The predicted molar refractivity (Wildman–Crippen MR) is 57.1 cm³/mol. The van der Waals surface area contributed by atoms with E-state index < -0.39 is 0 Å². The molecule has 1 atom stereocenters. The maximum Gasteiger partial charge on any atom is 0.0266 e. The highest BCUT2D eigenvalue weighted by atomic mass is 28.2. The smallest absolute Gasteiger partial charge is 0.0266 e. The average molecular weight is 172 g/mol. The van der Waals surface area contributed by atoms with Gasteiger partial charge in [-0.2, -0.15) is 0 Å². The summed E-state index contributed by atoms with van der Waals surface area (Å²) in [6.45, 7) is 11.9. The second kappa shape index (κ2) is 4.97. The van der Waals surface area contributed by atoms with Crippen LogP contribution in [0.3, 0.4) is 0 Å². The van der Waals surface area contributed by atoms with Gasteiger partial charge in [0.05, 0.1) is 0 Å². The second-order valence-corrected chi connectivity index (χ2v) is 7.56. The molecule has 0 nitrogen and oxygen atoms in total. The summed E-state index contributed by atoms with van der Waals surface area (Å²) >= 11 is 0. The van der Waals surface area contributed by atoms with Gasteiger partial charge in [0.25, 0.3) is 0 Å². The van der Waals surface area contributed by atoms with Crippen LogP contribution in [0.25, 0.3) is 0 Å². The van der Waals surface area contributed by atoms with Crippen LogP contribution in [0.15, 0.2) is 0 Å². The van der Waals surface area contributed by atoms with Crippen molar-refractivity contribution in [1.29, 1.82) is 0 Å². The van der Waals surface area contributed by atoms with Crippen molar-refractivity contribution in [3.05, 3.63) is 0 Å². The van der Waals surface area contributed by atoms with E-state index in [1.54, 1.807) is 0 Å². The molecule has 0 aromatic carbocycles. The van der Waals surface area contributed by atoms with Crippen molar-refractivity contribution in [2.45, 2.75) is 58.5 Å². The van der Waals surface area contributed by atoms with Gasteiger partial charge in [-0.05, 0) is 11.0 Å². The lowest BCUT2D eigenvalue weighted by atomic mass is 10.1. The topological polar surface area (TPSA) is 0 Å². The second-order valence-electron chi connectivity index (χ2n) is 4.57. The van der Waals surface area contributed by atoms with Crippen LogP contribution in [0.5, 0.6) is 0 Å². The molecule has 0 aliphatic carbocycles. The first-order valence-corrected chi connectivity index (χ1v) is 6.72. The zero-order valence-corrected chi connectivity index (χ0v) is 10.3. The van der Waals surface area contributed by atoms with E-state index in [9.17, 15) is 0 Å². The van der Waals surface area contributed by atoms with E-state index >= 15 is 0 Å². The predicted octanol–water partition coefficient (Wildman–Crippen LogP) is 3.23. The van der Waals surface area contributed by atoms with Crippen LogP contribution in [0.2, 0.25) is 11.1 Å². The quantitative estimate of drug-likeness (QED) is 0.559. The van der Waals surface area contributed by atoms with E-state index in [0.29, 0.717) is 5.04 Å². The highest BCUT2D eigenvalue weighted by molar-refractivity contribution is 6.39. The Bertz CT molecular complexity index is 97.0. The Morgan fingerprint density at radius 2 is 1.82 bits per heavy atom. The molecule has 0 bridgehead atoms. The number of rotatable bonds is 5. The summed E-state index contributed by atoms with van der Waals surface area (Å²) in [7, 11) is 0.181. The minimum atomic E-state index is 0.181. The monoisotopic (exact) mass is 172 g/mol. The minimum Gasteiger partial charge on any atom is -0.0652 e. The fraction of sp³-hybridized carbons (Fsp3) is 1.00. The van der Waals surface area contributed by atoms with Gasteiger partial charge < -0.3 is 0 Å². The molecule has 0 saturated heterocycles. The van der Waals surface area contributed by atoms with Gasteiger partial charge in [0.2, 0.25) is 0 Å². The summed E-state index contributed by atoms with van der Waals surface area (Å²) in [5.41, 5.74) is 0. The Hall–Kier alpha value is 0.217. The lowest BCUT2D eigenvalue weighted by molar-refractivity contribution is 0.590. The van der Waals surface area contributed by atoms with Crippen molar-refractivity contribution in [3.63, 3.8) is 0 Å². The molecule has 0 aliphatic heterocycles. The standard InChI is InChI=1S/C10H24Si/c1-6-9(3)8-11-10(4,5)7-2/h9H,6-8,11H2,1-5H3. The Labute approximate surface area is 74.6 Å². The number of hydrogen-bond donors (Lipinski definition) is 0. The highest BCUT2D eigenvalue weighted by Gasteiger charge is 2.16. The van der Waals surface area contributed by atoms with E-state index in [-0.39, 0.29) is 9.52 Å². The normalized spacial score (nSPS) is 16.1. The first kappa shape index (κ1) is 11.2. The van der Waals surface area contributed by atoms with Crippen LogP contribution >= 0.6 is 0 Å². The molecule has 0 radical (unpaired) electrons. The Morgan fingerprint density at radius 3 is 2.18 bits per heavy atom. The van der Waals surface area contributed by atoms with E-state index in [4.69, 9.17) is 0 Å². The van der Waals surface area contributed by atoms with Crippen LogP contribution in [-0.2, 0) is 0 Å². The first-order chi connectivity index (χ1) is 5.02. The minimum absolute atomic E-state index is 0.181. The zero-order valence-electron chi connectivity index (χ0n) is 8.91. The molecule has 11 heavy (non-hydrogen) atoms. The molecule has 0 N–H and O–H groups in total. The van der Waals surface area contributed by atoms with E-state index in [1.165, 1.54) is 18.9 Å². The third kappa shape index (κ3) is 5.48. The molecule has 0 aromatic heterocycles. The van der Waals surface area contributed by atoms with Crippen LogP contribution in [0, 0.1) is 5.92 Å².